The number of nitrogens with zero attached hydrogens (tertiary/aromatic N) is 2. The molecule has 2 aliphatic rings. The first-order valence-corrected chi connectivity index (χ1v) is 9.05. The maximum Gasteiger partial charge on any atom is 0.437 e. The van der Waals surface area contributed by atoms with Crippen LogP contribution in [0.4, 0.5) is 0 Å². The summed E-state index contributed by atoms with van der Waals surface area (Å²) in [7, 11) is 0. The monoisotopic (exact) mass is 338 g/mol. The summed E-state index contributed by atoms with van der Waals surface area (Å²) in [6, 6.07) is 7.96. The number of hydrogen-bond donors (Lipinski definition) is 0. The van der Waals surface area contributed by atoms with Crippen LogP contribution in [0.1, 0.15) is 49.1 Å². The van der Waals surface area contributed by atoms with Gasteiger partial charge in [0.15, 0.2) is 0 Å². The maximum absolute atomic E-state index is 12.0. The van der Waals surface area contributed by atoms with Gasteiger partial charge < -0.3 is 9.15 Å². The molecule has 1 atom stereocenters. The molecular weight excluding hydrogens is 316 g/mol. The smallest absolute Gasteiger partial charge is 0.392 e. The molecule has 0 bridgehead atoms. The zero-order valence-electron chi connectivity index (χ0n) is 14.2. The van der Waals surface area contributed by atoms with Crippen LogP contribution < -0.4 is 5.76 Å². The highest BCUT2D eigenvalue weighted by Gasteiger charge is 2.19. The minimum absolute atomic E-state index is 0.115. The molecule has 0 N–H and O–H groups in total. The van der Waals surface area contributed by atoms with Gasteiger partial charge in [0.25, 0.3) is 0 Å². The van der Waals surface area contributed by atoms with E-state index in [9.17, 15) is 4.79 Å². The molecule has 2 fully saturated rings. The first-order chi connectivity index (χ1) is 12.3. The molecule has 25 heavy (non-hydrogen) atoms. The van der Waals surface area contributed by atoms with Gasteiger partial charge in [-0.1, -0.05) is 24.0 Å². The minimum Gasteiger partial charge on any atom is -0.392 e. The second-order valence-electron chi connectivity index (χ2n) is 6.85. The van der Waals surface area contributed by atoms with Gasteiger partial charge in [0, 0.05) is 18.1 Å². The lowest BCUT2D eigenvalue weighted by molar-refractivity contribution is 0.0130. The van der Waals surface area contributed by atoms with E-state index in [0.29, 0.717) is 24.8 Å². The van der Waals surface area contributed by atoms with Gasteiger partial charge in [-0.2, -0.15) is 4.68 Å². The van der Waals surface area contributed by atoms with Crippen molar-refractivity contribution in [1.82, 2.24) is 9.78 Å². The third kappa shape index (κ3) is 4.40. The highest BCUT2D eigenvalue weighted by atomic mass is 16.5. The van der Waals surface area contributed by atoms with Crippen molar-refractivity contribution in [3.63, 3.8) is 0 Å². The van der Waals surface area contributed by atoms with E-state index in [1.807, 2.05) is 24.3 Å². The van der Waals surface area contributed by atoms with Gasteiger partial charge in [-0.05, 0) is 49.8 Å². The fourth-order valence-electron chi connectivity index (χ4n) is 2.97. The number of aromatic nitrogens is 2. The summed E-state index contributed by atoms with van der Waals surface area (Å²) in [5, 5.41) is 4.32. The maximum atomic E-state index is 12.0. The first kappa shape index (κ1) is 16.2. The molecular formula is C20H22N2O3. The number of hydrogen-bond acceptors (Lipinski definition) is 4. The Morgan fingerprint density at radius 1 is 1.16 bits per heavy atom. The zero-order valence-corrected chi connectivity index (χ0v) is 14.2. The van der Waals surface area contributed by atoms with Crippen LogP contribution in [-0.4, -0.2) is 22.5 Å². The van der Waals surface area contributed by atoms with Gasteiger partial charge in [0.05, 0.1) is 19.1 Å². The first-order valence-electron chi connectivity index (χ1n) is 9.05. The second-order valence-corrected chi connectivity index (χ2v) is 6.85. The van der Waals surface area contributed by atoms with E-state index >= 15 is 0 Å². The molecule has 0 spiro atoms. The lowest BCUT2D eigenvalue weighted by atomic mass is 10.1. The normalized spacial score (nSPS) is 20.1. The van der Waals surface area contributed by atoms with Crippen LogP contribution in [-0.2, 0) is 17.7 Å². The second kappa shape index (κ2) is 7.28. The van der Waals surface area contributed by atoms with Crippen LogP contribution in [0.3, 0.4) is 0 Å². The molecule has 2 heterocycles. The third-order valence-corrected chi connectivity index (χ3v) is 4.61. The van der Waals surface area contributed by atoms with Gasteiger partial charge in [-0.3, -0.25) is 0 Å². The van der Waals surface area contributed by atoms with E-state index in [0.717, 1.165) is 37.0 Å². The molecule has 0 radical (unpaired) electrons. The summed E-state index contributed by atoms with van der Waals surface area (Å²) >= 11 is 0. The van der Waals surface area contributed by atoms with E-state index in [1.54, 1.807) is 0 Å². The van der Waals surface area contributed by atoms with Crippen molar-refractivity contribution in [1.29, 1.82) is 0 Å². The highest BCUT2D eigenvalue weighted by Crippen LogP contribution is 2.27. The molecule has 5 heteroatoms. The molecule has 1 aromatic carbocycles. The summed E-state index contributed by atoms with van der Waals surface area (Å²) in [5.74, 6) is 7.09. The Hall–Kier alpha value is -2.32. The Kier molecular flexibility index (Phi) is 4.71. The lowest BCUT2D eigenvalue weighted by Crippen LogP contribution is -2.21. The Balaban J connectivity index is 1.40. The molecule has 4 rings (SSSR count). The van der Waals surface area contributed by atoms with Gasteiger partial charge >= 0.3 is 5.76 Å². The van der Waals surface area contributed by atoms with Gasteiger partial charge in [-0.25, -0.2) is 4.79 Å². The van der Waals surface area contributed by atoms with E-state index in [4.69, 9.17) is 9.15 Å². The lowest BCUT2D eigenvalue weighted by Gasteiger charge is -2.20. The van der Waals surface area contributed by atoms with Crippen LogP contribution in [0.2, 0.25) is 0 Å². The zero-order chi connectivity index (χ0) is 17.1. The molecule has 5 nitrogen and oxygen atoms in total. The van der Waals surface area contributed by atoms with Gasteiger partial charge in [0.2, 0.25) is 5.89 Å². The quantitative estimate of drug-likeness (QED) is 0.805. The predicted molar refractivity (Wildman–Crippen MR) is 93.2 cm³/mol. The number of ether oxygens (including phenoxy) is 1. The number of rotatable bonds is 4. The molecule has 1 aliphatic heterocycles. The molecule has 1 unspecified atom stereocenters. The number of benzene rings is 1. The fraction of sp³-hybridized carbons (Fsp3) is 0.500. The minimum atomic E-state index is -0.414. The summed E-state index contributed by atoms with van der Waals surface area (Å²) in [5.41, 5.74) is 2.02. The SMILES string of the molecule is O=c1oc(CC2CCCCO2)nn1Cc1ccc(C#CC2CC2)cc1. The van der Waals surface area contributed by atoms with E-state index in [-0.39, 0.29) is 6.10 Å². The van der Waals surface area contributed by atoms with Crippen LogP contribution in [0, 0.1) is 17.8 Å². The fourth-order valence-corrected chi connectivity index (χ4v) is 2.97. The summed E-state index contributed by atoms with van der Waals surface area (Å²) in [6.45, 7) is 1.19. The molecule has 1 aromatic heterocycles. The summed E-state index contributed by atoms with van der Waals surface area (Å²) in [6.07, 6.45) is 6.41. The Labute approximate surface area is 147 Å². The third-order valence-electron chi connectivity index (χ3n) is 4.61. The molecule has 1 saturated carbocycles. The van der Waals surface area contributed by atoms with E-state index in [2.05, 4.69) is 16.9 Å². The van der Waals surface area contributed by atoms with Crippen molar-refractivity contribution < 1.29 is 9.15 Å². The van der Waals surface area contributed by atoms with Crippen LogP contribution in [0.15, 0.2) is 33.5 Å². The van der Waals surface area contributed by atoms with Crippen molar-refractivity contribution in [2.45, 2.75) is 51.2 Å². The molecule has 1 saturated heterocycles. The average molecular weight is 338 g/mol. The van der Waals surface area contributed by atoms with Crippen LogP contribution >= 0.6 is 0 Å². The van der Waals surface area contributed by atoms with Crippen LogP contribution in [0.5, 0.6) is 0 Å². The molecule has 0 amide bonds. The van der Waals surface area contributed by atoms with Crippen LogP contribution in [0.25, 0.3) is 0 Å². The Morgan fingerprint density at radius 3 is 2.72 bits per heavy atom. The van der Waals surface area contributed by atoms with E-state index < -0.39 is 5.76 Å². The largest absolute Gasteiger partial charge is 0.437 e. The summed E-state index contributed by atoms with van der Waals surface area (Å²) in [4.78, 5) is 12.0. The molecule has 2 aromatic rings. The molecule has 1 aliphatic carbocycles. The van der Waals surface area contributed by atoms with Gasteiger partial charge in [0.1, 0.15) is 0 Å². The van der Waals surface area contributed by atoms with Gasteiger partial charge in [-0.15, -0.1) is 5.10 Å². The highest BCUT2D eigenvalue weighted by molar-refractivity contribution is 5.37. The summed E-state index contributed by atoms with van der Waals surface area (Å²) < 4.78 is 12.3. The Morgan fingerprint density at radius 2 is 2.00 bits per heavy atom. The van der Waals surface area contributed by atoms with E-state index in [1.165, 1.54) is 17.5 Å². The average Bonchev–Trinajstić information content (AvgIpc) is 3.40. The van der Waals surface area contributed by atoms with Crippen molar-refractivity contribution >= 4 is 0 Å². The van der Waals surface area contributed by atoms with Crippen molar-refractivity contribution in [3.05, 3.63) is 51.8 Å². The molecule has 130 valence electrons. The standard InChI is InChI=1S/C20H22N2O3/c23-20-22(21-19(25-20)13-18-3-1-2-12-24-18)14-17-10-8-16(9-11-17)7-6-15-4-5-15/h8-11,15,18H,1-5,12-14H2. The Bertz CT molecular complexity index is 828. The topological polar surface area (TPSA) is 57.3 Å². The van der Waals surface area contributed by atoms with Crippen molar-refractivity contribution in [2.24, 2.45) is 5.92 Å². The predicted octanol–water partition coefficient (Wildman–Crippen LogP) is 2.76. The van der Waals surface area contributed by atoms with Crippen molar-refractivity contribution in [2.75, 3.05) is 6.61 Å². The van der Waals surface area contributed by atoms with Crippen molar-refractivity contribution in [3.8, 4) is 11.8 Å².